The lowest BCUT2D eigenvalue weighted by atomic mass is 9.87. The van der Waals surface area contributed by atoms with E-state index in [0.717, 1.165) is 23.1 Å². The van der Waals surface area contributed by atoms with E-state index in [1.807, 2.05) is 19.1 Å². The van der Waals surface area contributed by atoms with Crippen LogP contribution in [0.1, 0.15) is 39.5 Å². The predicted octanol–water partition coefficient (Wildman–Crippen LogP) is 4.08. The molecule has 1 aliphatic carbocycles. The Morgan fingerprint density at radius 2 is 1.89 bits per heavy atom. The summed E-state index contributed by atoms with van der Waals surface area (Å²) in [5, 5.41) is 3.61. The first-order valence-electron chi connectivity index (χ1n) is 7.30. The Kier molecular flexibility index (Phi) is 4.94. The molecule has 1 fully saturated rings. The maximum absolute atomic E-state index is 5.53. The third-order valence-corrected chi connectivity index (χ3v) is 3.85. The summed E-state index contributed by atoms with van der Waals surface area (Å²) in [5.74, 6) is 2.50. The minimum atomic E-state index is 0.596. The van der Waals surface area contributed by atoms with Gasteiger partial charge in [0.25, 0.3) is 0 Å². The monoisotopic (exact) mass is 263 g/mol. The molecule has 0 unspecified atom stereocenters. The van der Waals surface area contributed by atoms with Gasteiger partial charge in [0.2, 0.25) is 0 Å². The number of ether oxygens (including phenoxy) is 2. The highest BCUT2D eigenvalue weighted by molar-refractivity contribution is 5.55. The Morgan fingerprint density at radius 3 is 2.53 bits per heavy atom. The van der Waals surface area contributed by atoms with Crippen molar-refractivity contribution in [3.63, 3.8) is 0 Å². The van der Waals surface area contributed by atoms with Crippen LogP contribution in [0.15, 0.2) is 18.2 Å². The summed E-state index contributed by atoms with van der Waals surface area (Å²) < 4.78 is 10.9. The van der Waals surface area contributed by atoms with Crippen LogP contribution in [0.2, 0.25) is 0 Å². The van der Waals surface area contributed by atoms with Gasteiger partial charge in [-0.2, -0.15) is 0 Å². The lowest BCUT2D eigenvalue weighted by Gasteiger charge is -2.28. The fourth-order valence-electron chi connectivity index (χ4n) is 2.67. The van der Waals surface area contributed by atoms with Crippen molar-refractivity contribution in [3.8, 4) is 11.5 Å². The largest absolute Gasteiger partial charge is 0.493 e. The fourth-order valence-corrected chi connectivity index (χ4v) is 2.67. The number of nitrogens with one attached hydrogen (secondary N) is 1. The molecule has 1 aliphatic rings. The van der Waals surface area contributed by atoms with Gasteiger partial charge in [0.1, 0.15) is 0 Å². The van der Waals surface area contributed by atoms with Crippen LogP contribution in [0.25, 0.3) is 0 Å². The second-order valence-corrected chi connectivity index (χ2v) is 5.40. The van der Waals surface area contributed by atoms with Gasteiger partial charge in [-0.15, -0.1) is 0 Å². The third-order valence-electron chi connectivity index (χ3n) is 3.85. The van der Waals surface area contributed by atoms with Gasteiger partial charge in [-0.05, 0) is 50.7 Å². The van der Waals surface area contributed by atoms with Gasteiger partial charge < -0.3 is 14.8 Å². The van der Waals surface area contributed by atoms with E-state index in [1.165, 1.54) is 25.7 Å². The predicted molar refractivity (Wildman–Crippen MR) is 79.2 cm³/mol. The number of methoxy groups -OCH3 is 1. The summed E-state index contributed by atoms with van der Waals surface area (Å²) in [7, 11) is 1.68. The molecule has 0 aromatic heterocycles. The Bertz CT molecular complexity index is 398. The molecule has 1 N–H and O–H groups in total. The summed E-state index contributed by atoms with van der Waals surface area (Å²) in [4.78, 5) is 0. The van der Waals surface area contributed by atoms with E-state index < -0.39 is 0 Å². The SMILES string of the molecule is CCOc1ccc(NC2CCC(C)CC2)cc1OC. The molecule has 1 aromatic rings. The number of hydrogen-bond donors (Lipinski definition) is 1. The van der Waals surface area contributed by atoms with Crippen LogP contribution in [0.5, 0.6) is 11.5 Å². The second kappa shape index (κ2) is 6.69. The molecule has 106 valence electrons. The normalized spacial score (nSPS) is 22.9. The lowest BCUT2D eigenvalue weighted by Crippen LogP contribution is -2.25. The molecule has 1 aromatic carbocycles. The number of rotatable bonds is 5. The molecule has 0 amide bonds. The Balaban J connectivity index is 2.00. The summed E-state index contributed by atoms with van der Waals surface area (Å²) >= 11 is 0. The van der Waals surface area contributed by atoms with E-state index in [2.05, 4.69) is 18.3 Å². The van der Waals surface area contributed by atoms with Gasteiger partial charge in [0, 0.05) is 17.8 Å². The Morgan fingerprint density at radius 1 is 1.16 bits per heavy atom. The molecule has 3 heteroatoms. The maximum atomic E-state index is 5.53. The molecule has 0 saturated heterocycles. The van der Waals surface area contributed by atoms with Crippen molar-refractivity contribution in [3.05, 3.63) is 18.2 Å². The van der Waals surface area contributed by atoms with Crippen molar-refractivity contribution in [1.82, 2.24) is 0 Å². The molecule has 0 radical (unpaired) electrons. The first-order chi connectivity index (χ1) is 9.22. The molecule has 2 rings (SSSR count). The molecule has 3 nitrogen and oxygen atoms in total. The van der Waals surface area contributed by atoms with Gasteiger partial charge in [0.15, 0.2) is 11.5 Å². The Hall–Kier alpha value is -1.38. The van der Waals surface area contributed by atoms with E-state index in [0.29, 0.717) is 12.6 Å². The summed E-state index contributed by atoms with van der Waals surface area (Å²) in [6.45, 7) is 4.98. The van der Waals surface area contributed by atoms with E-state index in [9.17, 15) is 0 Å². The van der Waals surface area contributed by atoms with Gasteiger partial charge in [-0.1, -0.05) is 6.92 Å². The van der Waals surface area contributed by atoms with E-state index in [1.54, 1.807) is 7.11 Å². The lowest BCUT2D eigenvalue weighted by molar-refractivity contribution is 0.311. The van der Waals surface area contributed by atoms with Crippen molar-refractivity contribution in [1.29, 1.82) is 0 Å². The van der Waals surface area contributed by atoms with Gasteiger partial charge >= 0.3 is 0 Å². The van der Waals surface area contributed by atoms with Crippen LogP contribution in [0.3, 0.4) is 0 Å². The van der Waals surface area contributed by atoms with Crippen molar-refractivity contribution in [2.75, 3.05) is 19.0 Å². The standard InChI is InChI=1S/C16H25NO2/c1-4-19-15-10-9-14(11-16(15)18-3)17-13-7-5-12(2)6-8-13/h9-13,17H,4-8H2,1-3H3. The molecule has 19 heavy (non-hydrogen) atoms. The average molecular weight is 263 g/mol. The molecule has 0 spiro atoms. The zero-order valence-corrected chi connectivity index (χ0v) is 12.2. The number of benzene rings is 1. The average Bonchev–Trinajstić information content (AvgIpc) is 2.43. The molecular formula is C16H25NO2. The highest BCUT2D eigenvalue weighted by atomic mass is 16.5. The third kappa shape index (κ3) is 3.79. The van der Waals surface area contributed by atoms with Crippen LogP contribution in [-0.4, -0.2) is 19.8 Å². The summed E-state index contributed by atoms with van der Waals surface area (Å²) in [5.41, 5.74) is 1.12. The molecule has 1 saturated carbocycles. The second-order valence-electron chi connectivity index (χ2n) is 5.40. The van der Waals surface area contributed by atoms with E-state index in [4.69, 9.17) is 9.47 Å². The van der Waals surface area contributed by atoms with Crippen LogP contribution >= 0.6 is 0 Å². The van der Waals surface area contributed by atoms with Crippen molar-refractivity contribution >= 4 is 5.69 Å². The van der Waals surface area contributed by atoms with Crippen molar-refractivity contribution < 1.29 is 9.47 Å². The quantitative estimate of drug-likeness (QED) is 0.868. The number of hydrogen-bond acceptors (Lipinski definition) is 3. The molecule has 0 aliphatic heterocycles. The topological polar surface area (TPSA) is 30.5 Å². The smallest absolute Gasteiger partial charge is 0.162 e. The zero-order chi connectivity index (χ0) is 13.7. The van der Waals surface area contributed by atoms with E-state index in [-0.39, 0.29) is 0 Å². The molecule has 0 heterocycles. The van der Waals surface area contributed by atoms with Gasteiger partial charge in [-0.25, -0.2) is 0 Å². The fraction of sp³-hybridized carbons (Fsp3) is 0.625. The van der Waals surface area contributed by atoms with Crippen molar-refractivity contribution in [2.45, 2.75) is 45.6 Å². The molecular weight excluding hydrogens is 238 g/mol. The van der Waals surface area contributed by atoms with E-state index >= 15 is 0 Å². The van der Waals surface area contributed by atoms with Crippen molar-refractivity contribution in [2.24, 2.45) is 5.92 Å². The van der Waals surface area contributed by atoms with Gasteiger partial charge in [-0.3, -0.25) is 0 Å². The van der Waals surface area contributed by atoms with Crippen LogP contribution in [-0.2, 0) is 0 Å². The highest BCUT2D eigenvalue weighted by Crippen LogP contribution is 2.32. The van der Waals surface area contributed by atoms with Crippen LogP contribution in [0.4, 0.5) is 5.69 Å². The molecule has 0 bridgehead atoms. The first-order valence-corrected chi connectivity index (χ1v) is 7.30. The summed E-state index contributed by atoms with van der Waals surface area (Å²) in [6, 6.07) is 6.68. The first kappa shape index (κ1) is 14.0. The summed E-state index contributed by atoms with van der Waals surface area (Å²) in [6.07, 6.45) is 5.17. The highest BCUT2D eigenvalue weighted by Gasteiger charge is 2.18. The minimum Gasteiger partial charge on any atom is -0.493 e. The zero-order valence-electron chi connectivity index (χ0n) is 12.2. The van der Waals surface area contributed by atoms with Crippen LogP contribution in [0, 0.1) is 5.92 Å². The maximum Gasteiger partial charge on any atom is 0.162 e. The number of anilines is 1. The minimum absolute atomic E-state index is 0.596. The molecule has 0 atom stereocenters. The van der Waals surface area contributed by atoms with Gasteiger partial charge in [0.05, 0.1) is 13.7 Å². The van der Waals surface area contributed by atoms with Crippen LogP contribution < -0.4 is 14.8 Å². The Labute approximate surface area is 116 Å².